The van der Waals surface area contributed by atoms with Gasteiger partial charge in [-0.05, 0) is 36.6 Å². The number of nitrogens with zero attached hydrogens (tertiary/aromatic N) is 3. The molecule has 3 aromatic rings. The van der Waals surface area contributed by atoms with Gasteiger partial charge in [0.25, 0.3) is 11.1 Å². The second kappa shape index (κ2) is 8.06. The van der Waals surface area contributed by atoms with Crippen LogP contribution in [0.4, 0.5) is 0 Å². The molecule has 6 nitrogen and oxygen atoms in total. The van der Waals surface area contributed by atoms with Crippen molar-refractivity contribution in [2.45, 2.75) is 30.4 Å². The fourth-order valence-corrected chi connectivity index (χ4v) is 4.10. The second-order valence-electron chi connectivity index (χ2n) is 6.61. The van der Waals surface area contributed by atoms with E-state index in [0.717, 1.165) is 18.5 Å². The van der Waals surface area contributed by atoms with Crippen LogP contribution < -0.4 is 4.74 Å². The highest BCUT2D eigenvalue weighted by Gasteiger charge is 2.27. The number of rotatable bonds is 5. The van der Waals surface area contributed by atoms with Crippen molar-refractivity contribution in [2.24, 2.45) is 0 Å². The number of hydrogen-bond acceptors (Lipinski definition) is 6. The topological polar surface area (TPSA) is 68.5 Å². The number of methoxy groups -OCH3 is 1. The van der Waals surface area contributed by atoms with Gasteiger partial charge in [0, 0.05) is 13.1 Å². The van der Waals surface area contributed by atoms with Crippen LogP contribution >= 0.6 is 11.8 Å². The fourth-order valence-electron chi connectivity index (χ4n) is 3.33. The highest BCUT2D eigenvalue weighted by Crippen LogP contribution is 2.32. The molecular weight excluding hydrogens is 374 g/mol. The summed E-state index contributed by atoms with van der Waals surface area (Å²) in [5.41, 5.74) is 3.27. The maximum Gasteiger partial charge on any atom is 0.277 e. The standard InChI is InChI=1S/C21H21N3O3S/c1-14(20(25)24-12-11-15-7-3-4-8-16(15)13-24)28-21-23-22-19(27-21)17-9-5-6-10-18(17)26-2/h3-10,14H,11-13H2,1-2H3. The zero-order chi connectivity index (χ0) is 19.5. The van der Waals surface area contributed by atoms with E-state index < -0.39 is 0 Å². The van der Waals surface area contributed by atoms with Gasteiger partial charge >= 0.3 is 0 Å². The number of carbonyl (C=O) groups is 1. The molecule has 0 saturated heterocycles. The summed E-state index contributed by atoms with van der Waals surface area (Å²) < 4.78 is 11.1. The lowest BCUT2D eigenvalue weighted by molar-refractivity contribution is -0.131. The third-order valence-corrected chi connectivity index (χ3v) is 5.73. The van der Waals surface area contributed by atoms with Crippen LogP contribution in [-0.2, 0) is 17.8 Å². The molecule has 0 bridgehead atoms. The van der Waals surface area contributed by atoms with Crippen molar-refractivity contribution in [1.82, 2.24) is 15.1 Å². The van der Waals surface area contributed by atoms with Crippen LogP contribution in [0.25, 0.3) is 11.5 Å². The smallest absolute Gasteiger partial charge is 0.277 e. The molecule has 7 heteroatoms. The molecule has 2 heterocycles. The van der Waals surface area contributed by atoms with Crippen LogP contribution in [0.15, 0.2) is 58.2 Å². The average molecular weight is 395 g/mol. The van der Waals surface area contributed by atoms with Gasteiger partial charge in [0.2, 0.25) is 5.91 Å². The summed E-state index contributed by atoms with van der Waals surface area (Å²) in [6.07, 6.45) is 0.887. The number of amides is 1. The number of para-hydroxylation sites is 1. The Balaban J connectivity index is 1.44. The molecule has 1 atom stereocenters. The molecule has 28 heavy (non-hydrogen) atoms. The predicted octanol–water partition coefficient (Wildman–Crippen LogP) is 3.81. The SMILES string of the molecule is COc1ccccc1-c1nnc(SC(C)C(=O)N2CCc3ccccc3C2)o1. The van der Waals surface area contributed by atoms with Crippen molar-refractivity contribution >= 4 is 17.7 Å². The third-order valence-electron chi connectivity index (χ3n) is 4.81. The van der Waals surface area contributed by atoms with Crippen LogP contribution in [0.5, 0.6) is 5.75 Å². The summed E-state index contributed by atoms with van der Waals surface area (Å²) in [6.45, 7) is 3.26. The number of hydrogen-bond donors (Lipinski definition) is 0. The number of ether oxygens (including phenoxy) is 1. The van der Waals surface area contributed by atoms with Crippen LogP contribution in [0.3, 0.4) is 0 Å². The molecule has 0 fully saturated rings. The number of aromatic nitrogens is 2. The summed E-state index contributed by atoms with van der Waals surface area (Å²) in [5, 5.41) is 8.26. The summed E-state index contributed by atoms with van der Waals surface area (Å²) in [6, 6.07) is 15.7. The first-order valence-corrected chi connectivity index (χ1v) is 10.0. The quantitative estimate of drug-likeness (QED) is 0.612. The predicted molar refractivity (Wildman–Crippen MR) is 107 cm³/mol. The number of thioether (sulfide) groups is 1. The minimum absolute atomic E-state index is 0.0801. The van der Waals surface area contributed by atoms with Gasteiger partial charge in [0.15, 0.2) is 0 Å². The Bertz CT molecular complexity index is 988. The molecule has 1 aliphatic rings. The lowest BCUT2D eigenvalue weighted by Gasteiger charge is -2.30. The normalized spacial score (nSPS) is 14.4. The summed E-state index contributed by atoms with van der Waals surface area (Å²) in [7, 11) is 1.60. The van der Waals surface area contributed by atoms with Gasteiger partial charge in [-0.1, -0.05) is 48.2 Å². The summed E-state index contributed by atoms with van der Waals surface area (Å²) >= 11 is 1.28. The minimum Gasteiger partial charge on any atom is -0.496 e. The van der Waals surface area contributed by atoms with E-state index in [2.05, 4.69) is 22.3 Å². The van der Waals surface area contributed by atoms with Gasteiger partial charge in [-0.25, -0.2) is 0 Å². The lowest BCUT2D eigenvalue weighted by atomic mass is 10.00. The average Bonchev–Trinajstić information content (AvgIpc) is 3.21. The number of benzene rings is 2. The highest BCUT2D eigenvalue weighted by molar-refractivity contribution is 8.00. The Morgan fingerprint density at radius 1 is 1.14 bits per heavy atom. The second-order valence-corrected chi connectivity index (χ2v) is 7.90. The van der Waals surface area contributed by atoms with Crippen LogP contribution in [-0.4, -0.2) is 39.9 Å². The Hall–Kier alpha value is -2.80. The van der Waals surface area contributed by atoms with Gasteiger partial charge in [0.1, 0.15) is 5.75 Å². The molecule has 0 radical (unpaired) electrons. The van der Waals surface area contributed by atoms with Gasteiger partial charge in [0.05, 0.1) is 17.9 Å². The van der Waals surface area contributed by atoms with Crippen molar-refractivity contribution in [3.63, 3.8) is 0 Å². The van der Waals surface area contributed by atoms with Crippen molar-refractivity contribution in [1.29, 1.82) is 0 Å². The van der Waals surface area contributed by atoms with E-state index in [4.69, 9.17) is 9.15 Å². The molecule has 144 valence electrons. The van der Waals surface area contributed by atoms with Crippen LogP contribution in [0, 0.1) is 0 Å². The molecule has 1 aliphatic heterocycles. The minimum atomic E-state index is -0.309. The molecule has 1 amide bonds. The van der Waals surface area contributed by atoms with E-state index in [-0.39, 0.29) is 11.2 Å². The Morgan fingerprint density at radius 2 is 1.89 bits per heavy atom. The van der Waals surface area contributed by atoms with E-state index in [9.17, 15) is 4.79 Å². The zero-order valence-corrected chi connectivity index (χ0v) is 16.6. The molecule has 4 rings (SSSR count). The van der Waals surface area contributed by atoms with Gasteiger partial charge in [-0.3, -0.25) is 4.79 Å². The third kappa shape index (κ3) is 3.75. The first-order valence-electron chi connectivity index (χ1n) is 9.15. The molecule has 0 spiro atoms. The zero-order valence-electron chi connectivity index (χ0n) is 15.8. The van der Waals surface area contributed by atoms with Gasteiger partial charge < -0.3 is 14.1 Å². The highest BCUT2D eigenvalue weighted by atomic mass is 32.2. The van der Waals surface area contributed by atoms with E-state index in [1.165, 1.54) is 22.9 Å². The van der Waals surface area contributed by atoms with Crippen LogP contribution in [0.2, 0.25) is 0 Å². The molecular formula is C21H21N3O3S. The van der Waals surface area contributed by atoms with Gasteiger partial charge in [-0.15, -0.1) is 10.2 Å². The maximum atomic E-state index is 12.9. The Labute approximate surface area is 167 Å². The van der Waals surface area contributed by atoms with Crippen molar-refractivity contribution in [3.05, 3.63) is 59.7 Å². The van der Waals surface area contributed by atoms with E-state index in [1.54, 1.807) is 7.11 Å². The van der Waals surface area contributed by atoms with E-state index in [1.807, 2.05) is 48.2 Å². The first-order chi connectivity index (χ1) is 13.7. The maximum absolute atomic E-state index is 12.9. The van der Waals surface area contributed by atoms with Crippen molar-refractivity contribution in [3.8, 4) is 17.2 Å². The van der Waals surface area contributed by atoms with Crippen molar-refractivity contribution in [2.75, 3.05) is 13.7 Å². The Morgan fingerprint density at radius 3 is 2.71 bits per heavy atom. The molecule has 0 N–H and O–H groups in total. The number of carbonyl (C=O) groups excluding carboxylic acids is 1. The molecule has 1 aromatic heterocycles. The summed E-state index contributed by atoms with van der Waals surface area (Å²) in [5.74, 6) is 1.13. The van der Waals surface area contributed by atoms with E-state index in [0.29, 0.717) is 23.4 Å². The number of fused-ring (bicyclic) bond motifs is 1. The van der Waals surface area contributed by atoms with Crippen LogP contribution in [0.1, 0.15) is 18.1 Å². The monoisotopic (exact) mass is 395 g/mol. The van der Waals surface area contributed by atoms with E-state index >= 15 is 0 Å². The fraction of sp³-hybridized carbons (Fsp3) is 0.286. The lowest BCUT2D eigenvalue weighted by Crippen LogP contribution is -2.40. The van der Waals surface area contributed by atoms with Crippen molar-refractivity contribution < 1.29 is 13.9 Å². The Kier molecular flexibility index (Phi) is 5.34. The van der Waals surface area contributed by atoms with Gasteiger partial charge in [-0.2, -0.15) is 0 Å². The molecule has 0 saturated carbocycles. The molecule has 0 aliphatic carbocycles. The molecule has 2 aromatic carbocycles. The largest absolute Gasteiger partial charge is 0.496 e. The molecule has 1 unspecified atom stereocenters. The first kappa shape index (κ1) is 18.6. The summed E-state index contributed by atoms with van der Waals surface area (Å²) in [4.78, 5) is 14.8.